The number of methoxy groups -OCH3 is 1. The fourth-order valence-corrected chi connectivity index (χ4v) is 0.728. The van der Waals surface area contributed by atoms with Crippen molar-refractivity contribution >= 4 is 0 Å². The van der Waals surface area contributed by atoms with E-state index in [4.69, 9.17) is 15.9 Å². The highest BCUT2D eigenvalue weighted by Gasteiger charge is 2.23. The molecule has 0 amide bonds. The highest BCUT2D eigenvalue weighted by molar-refractivity contribution is 5.07. The Hall–Kier alpha value is -0.560. The molecule has 0 aromatic carbocycles. The van der Waals surface area contributed by atoms with Gasteiger partial charge in [0.25, 0.3) is 0 Å². The predicted molar refractivity (Wildman–Crippen MR) is 46.8 cm³/mol. The average Bonchev–Trinajstić information content (AvgIpc) is 2.11. The number of aliphatic hydroxyl groups is 1. The maximum Gasteiger partial charge on any atom is 0.150 e. The molecule has 0 aromatic heterocycles. The van der Waals surface area contributed by atoms with E-state index < -0.39 is 5.60 Å². The first-order valence-electron chi connectivity index (χ1n) is 3.95. The van der Waals surface area contributed by atoms with Crippen LogP contribution in [0.15, 0.2) is 0 Å². The molecule has 0 fully saturated rings. The van der Waals surface area contributed by atoms with Gasteiger partial charge in [-0.05, 0) is 6.92 Å². The lowest BCUT2D eigenvalue weighted by Crippen LogP contribution is -2.34. The molecule has 1 N–H and O–H groups in total. The van der Waals surface area contributed by atoms with Crippen molar-refractivity contribution in [1.82, 2.24) is 0 Å². The van der Waals surface area contributed by atoms with Gasteiger partial charge in [0.1, 0.15) is 0 Å². The summed E-state index contributed by atoms with van der Waals surface area (Å²) < 4.78 is 9.85. The van der Waals surface area contributed by atoms with Gasteiger partial charge in [-0.2, -0.15) is 0 Å². The summed E-state index contributed by atoms with van der Waals surface area (Å²) in [7, 11) is 1.57. The summed E-state index contributed by atoms with van der Waals surface area (Å²) in [6.07, 6.45) is 5.56. The summed E-state index contributed by atoms with van der Waals surface area (Å²) in [5.74, 6) is 2.30. The fraction of sp³-hybridized carbons (Fsp3) is 0.778. The van der Waals surface area contributed by atoms with Crippen LogP contribution in [0.25, 0.3) is 0 Å². The molecule has 3 heteroatoms. The Balaban J connectivity index is 3.81. The number of rotatable bonds is 6. The molecule has 0 saturated carbocycles. The Morgan fingerprint density at radius 3 is 2.67 bits per heavy atom. The lowest BCUT2D eigenvalue weighted by Gasteiger charge is -2.20. The zero-order valence-corrected chi connectivity index (χ0v) is 7.67. The number of hydrogen-bond donors (Lipinski definition) is 1. The second kappa shape index (κ2) is 6.01. The van der Waals surface area contributed by atoms with Gasteiger partial charge in [-0.25, -0.2) is 0 Å². The summed E-state index contributed by atoms with van der Waals surface area (Å²) in [5.41, 5.74) is -1.17. The highest BCUT2D eigenvalue weighted by Crippen LogP contribution is 2.09. The fourth-order valence-electron chi connectivity index (χ4n) is 0.728. The van der Waals surface area contributed by atoms with E-state index in [-0.39, 0.29) is 6.61 Å². The topological polar surface area (TPSA) is 38.7 Å². The van der Waals surface area contributed by atoms with E-state index in [0.29, 0.717) is 19.6 Å². The van der Waals surface area contributed by atoms with Gasteiger partial charge in [0.2, 0.25) is 0 Å². The van der Waals surface area contributed by atoms with Gasteiger partial charge in [0, 0.05) is 26.7 Å². The van der Waals surface area contributed by atoms with Gasteiger partial charge in [-0.3, -0.25) is 0 Å². The molecular formula is C9H16O3. The van der Waals surface area contributed by atoms with Gasteiger partial charge in [-0.15, -0.1) is 6.42 Å². The number of terminal acetylenes is 1. The van der Waals surface area contributed by atoms with Crippen molar-refractivity contribution in [3.8, 4) is 12.3 Å². The van der Waals surface area contributed by atoms with E-state index in [1.165, 1.54) is 0 Å². The molecule has 3 nitrogen and oxygen atoms in total. The second-order valence-corrected chi connectivity index (χ2v) is 2.56. The minimum absolute atomic E-state index is 0.170. The normalized spacial score (nSPS) is 15.2. The zero-order valence-electron chi connectivity index (χ0n) is 7.67. The molecule has 0 saturated heterocycles. The Kier molecular flexibility index (Phi) is 5.73. The summed E-state index contributed by atoms with van der Waals surface area (Å²) in [6.45, 7) is 3.02. The first-order chi connectivity index (χ1) is 5.68. The Morgan fingerprint density at radius 2 is 2.25 bits per heavy atom. The molecule has 0 bridgehead atoms. The van der Waals surface area contributed by atoms with E-state index in [2.05, 4.69) is 5.92 Å². The molecule has 0 unspecified atom stereocenters. The molecule has 0 aliphatic rings. The van der Waals surface area contributed by atoms with Crippen LogP contribution in [0.1, 0.15) is 13.3 Å². The maximum absolute atomic E-state index is 9.64. The van der Waals surface area contributed by atoms with Crippen molar-refractivity contribution < 1.29 is 14.6 Å². The lowest BCUT2D eigenvalue weighted by atomic mass is 10.0. The summed E-state index contributed by atoms with van der Waals surface area (Å²) in [4.78, 5) is 0. The Morgan fingerprint density at radius 1 is 1.58 bits per heavy atom. The van der Waals surface area contributed by atoms with Crippen molar-refractivity contribution in [3.05, 3.63) is 0 Å². The minimum atomic E-state index is -1.17. The van der Waals surface area contributed by atoms with Crippen molar-refractivity contribution in [1.29, 1.82) is 0 Å². The van der Waals surface area contributed by atoms with Crippen LogP contribution in [0.5, 0.6) is 0 Å². The van der Waals surface area contributed by atoms with Gasteiger partial charge >= 0.3 is 0 Å². The molecule has 0 aliphatic heterocycles. The molecule has 12 heavy (non-hydrogen) atoms. The van der Waals surface area contributed by atoms with Crippen molar-refractivity contribution in [2.75, 3.05) is 26.9 Å². The van der Waals surface area contributed by atoms with E-state index in [9.17, 15) is 5.11 Å². The number of hydrogen-bond acceptors (Lipinski definition) is 3. The summed E-state index contributed by atoms with van der Waals surface area (Å²) >= 11 is 0. The third-order valence-electron chi connectivity index (χ3n) is 1.53. The van der Waals surface area contributed by atoms with Crippen LogP contribution in [0.3, 0.4) is 0 Å². The van der Waals surface area contributed by atoms with Gasteiger partial charge in [0.05, 0.1) is 6.61 Å². The monoisotopic (exact) mass is 172 g/mol. The van der Waals surface area contributed by atoms with E-state index in [0.717, 1.165) is 0 Å². The van der Waals surface area contributed by atoms with Crippen molar-refractivity contribution in [2.24, 2.45) is 0 Å². The molecule has 0 aromatic rings. The predicted octanol–water partition coefficient (Wildman–Crippen LogP) is 0.424. The molecule has 0 radical (unpaired) electrons. The van der Waals surface area contributed by atoms with Crippen LogP contribution >= 0.6 is 0 Å². The molecule has 0 heterocycles. The van der Waals surface area contributed by atoms with Gasteiger partial charge < -0.3 is 14.6 Å². The molecule has 0 aliphatic carbocycles. The standard InChI is InChI=1S/C9H16O3/c1-4-9(10,6-7-11-3)8-12-5-2/h1,10H,5-8H2,2-3H3/t9-/m0/s1. The molecule has 70 valence electrons. The van der Waals surface area contributed by atoms with E-state index in [1.54, 1.807) is 7.11 Å². The van der Waals surface area contributed by atoms with Crippen LogP contribution < -0.4 is 0 Å². The zero-order chi connectivity index (χ0) is 9.45. The first-order valence-corrected chi connectivity index (χ1v) is 3.95. The van der Waals surface area contributed by atoms with Gasteiger partial charge in [-0.1, -0.05) is 5.92 Å². The smallest absolute Gasteiger partial charge is 0.150 e. The molecular weight excluding hydrogens is 156 g/mol. The quantitative estimate of drug-likeness (QED) is 0.590. The SMILES string of the molecule is C#C[C@](O)(CCOC)COCC. The molecule has 0 spiro atoms. The van der Waals surface area contributed by atoms with Gasteiger partial charge in [0.15, 0.2) is 5.60 Å². The molecule has 1 atom stereocenters. The average molecular weight is 172 g/mol. The maximum atomic E-state index is 9.64. The Labute approximate surface area is 73.7 Å². The van der Waals surface area contributed by atoms with Crippen molar-refractivity contribution in [3.63, 3.8) is 0 Å². The van der Waals surface area contributed by atoms with Crippen LogP contribution in [-0.4, -0.2) is 37.6 Å². The summed E-state index contributed by atoms with van der Waals surface area (Å²) in [5, 5.41) is 9.64. The largest absolute Gasteiger partial charge is 0.385 e. The van der Waals surface area contributed by atoms with E-state index in [1.807, 2.05) is 6.92 Å². The van der Waals surface area contributed by atoms with E-state index >= 15 is 0 Å². The third kappa shape index (κ3) is 4.35. The van der Waals surface area contributed by atoms with Crippen molar-refractivity contribution in [2.45, 2.75) is 18.9 Å². The highest BCUT2D eigenvalue weighted by atomic mass is 16.5. The first kappa shape index (κ1) is 11.4. The van der Waals surface area contributed by atoms with Crippen LogP contribution in [0.4, 0.5) is 0 Å². The van der Waals surface area contributed by atoms with Crippen LogP contribution in [0.2, 0.25) is 0 Å². The Bertz CT molecular complexity index is 140. The minimum Gasteiger partial charge on any atom is -0.385 e. The van der Waals surface area contributed by atoms with Crippen LogP contribution in [-0.2, 0) is 9.47 Å². The summed E-state index contributed by atoms with van der Waals surface area (Å²) in [6, 6.07) is 0. The third-order valence-corrected chi connectivity index (χ3v) is 1.53. The number of ether oxygens (including phenoxy) is 2. The lowest BCUT2D eigenvalue weighted by molar-refractivity contribution is -0.0203. The molecule has 0 rings (SSSR count). The van der Waals surface area contributed by atoms with Crippen LogP contribution in [0, 0.1) is 12.3 Å². The second-order valence-electron chi connectivity index (χ2n) is 2.56.